The van der Waals surface area contributed by atoms with Crippen molar-refractivity contribution in [2.45, 2.75) is 18.9 Å². The van der Waals surface area contributed by atoms with Crippen LogP contribution in [0.2, 0.25) is 0 Å². The van der Waals surface area contributed by atoms with E-state index in [0.29, 0.717) is 22.8 Å². The second-order valence-electron chi connectivity index (χ2n) is 5.74. The van der Waals surface area contributed by atoms with E-state index in [1.807, 2.05) is 18.2 Å². The summed E-state index contributed by atoms with van der Waals surface area (Å²) in [4.78, 5) is 23.4. The van der Waals surface area contributed by atoms with Gasteiger partial charge in [-0.2, -0.15) is 0 Å². The Labute approximate surface area is 157 Å². The minimum atomic E-state index is -1.02. The van der Waals surface area contributed by atoms with Crippen LogP contribution in [0.4, 0.5) is 0 Å². The van der Waals surface area contributed by atoms with Gasteiger partial charge in [0.1, 0.15) is 5.75 Å². The molecule has 7 heteroatoms. The van der Waals surface area contributed by atoms with Crippen molar-refractivity contribution >= 4 is 11.9 Å². The zero-order valence-corrected chi connectivity index (χ0v) is 15.3. The minimum Gasteiger partial charge on any atom is -0.493 e. The summed E-state index contributed by atoms with van der Waals surface area (Å²) in [5.41, 5.74) is 0.618. The van der Waals surface area contributed by atoms with E-state index in [1.54, 1.807) is 30.3 Å². The van der Waals surface area contributed by atoms with E-state index in [-0.39, 0.29) is 25.4 Å². The molecule has 0 aromatic heterocycles. The zero-order chi connectivity index (χ0) is 19.6. The molecule has 0 saturated heterocycles. The number of carboxylic acids is 1. The Bertz CT molecular complexity index is 762. The minimum absolute atomic E-state index is 0.109. The molecular weight excluding hydrogens is 350 g/mol. The average molecular weight is 373 g/mol. The number of benzene rings is 2. The monoisotopic (exact) mass is 373 g/mol. The molecule has 144 valence electrons. The van der Waals surface area contributed by atoms with Gasteiger partial charge in [-0.1, -0.05) is 24.3 Å². The number of aliphatic carboxylic acids is 1. The molecule has 0 radical (unpaired) electrons. The number of methoxy groups -OCH3 is 2. The molecule has 2 N–H and O–H groups in total. The number of rotatable bonds is 10. The van der Waals surface area contributed by atoms with Gasteiger partial charge in [0, 0.05) is 0 Å². The predicted octanol–water partition coefficient (Wildman–Crippen LogP) is 2.80. The molecule has 0 aliphatic carbocycles. The highest BCUT2D eigenvalue weighted by molar-refractivity contribution is 5.78. The molecule has 0 saturated carbocycles. The highest BCUT2D eigenvalue weighted by Gasteiger charge is 2.20. The molecule has 0 aliphatic rings. The summed E-state index contributed by atoms with van der Waals surface area (Å²) in [5, 5.41) is 11.9. The number of amides is 1. The summed E-state index contributed by atoms with van der Waals surface area (Å²) in [5.74, 6) is 0.347. The number of carboxylic acid groups (broad SMARTS) is 1. The molecule has 0 fully saturated rings. The normalized spacial score (nSPS) is 11.3. The standard InChI is InChI=1S/C20H23NO6/c1-25-17-9-8-14(12-18(17)26-2)16(13-20(23)24)21-19(22)10-11-27-15-6-4-3-5-7-15/h3-9,12,16H,10-11,13H2,1-2H3,(H,21,22)(H,23,24)/t16-/m1/s1. The fourth-order valence-electron chi connectivity index (χ4n) is 2.54. The quantitative estimate of drug-likeness (QED) is 0.665. The molecule has 27 heavy (non-hydrogen) atoms. The number of carbonyl (C=O) groups is 2. The van der Waals surface area contributed by atoms with E-state index < -0.39 is 12.0 Å². The maximum Gasteiger partial charge on any atom is 0.305 e. The maximum absolute atomic E-state index is 12.2. The molecular formula is C20H23NO6. The van der Waals surface area contributed by atoms with Crippen LogP contribution in [0.5, 0.6) is 17.2 Å². The third-order valence-corrected chi connectivity index (χ3v) is 3.86. The van der Waals surface area contributed by atoms with Gasteiger partial charge in [0.05, 0.1) is 39.7 Å². The summed E-state index contributed by atoms with van der Waals surface area (Å²) in [6.07, 6.45) is -0.140. The first-order chi connectivity index (χ1) is 13.0. The van der Waals surface area contributed by atoms with E-state index >= 15 is 0 Å². The molecule has 0 bridgehead atoms. The Hall–Kier alpha value is -3.22. The van der Waals surface area contributed by atoms with E-state index in [0.717, 1.165) is 0 Å². The topological polar surface area (TPSA) is 94.1 Å². The summed E-state index contributed by atoms with van der Waals surface area (Å²) >= 11 is 0. The van der Waals surface area contributed by atoms with Gasteiger partial charge in [0.15, 0.2) is 11.5 Å². The number of hydrogen-bond donors (Lipinski definition) is 2. The van der Waals surface area contributed by atoms with Gasteiger partial charge < -0.3 is 24.6 Å². The molecule has 1 atom stereocenters. The second kappa shape index (κ2) is 10.1. The van der Waals surface area contributed by atoms with Crippen LogP contribution in [-0.4, -0.2) is 37.8 Å². The molecule has 0 aliphatic heterocycles. The van der Waals surface area contributed by atoms with Crippen LogP contribution >= 0.6 is 0 Å². The Morgan fingerprint density at radius 3 is 2.37 bits per heavy atom. The first-order valence-corrected chi connectivity index (χ1v) is 8.44. The highest BCUT2D eigenvalue weighted by Crippen LogP contribution is 2.31. The van der Waals surface area contributed by atoms with Gasteiger partial charge in [-0.25, -0.2) is 0 Å². The van der Waals surface area contributed by atoms with Gasteiger partial charge in [0.2, 0.25) is 5.91 Å². The molecule has 2 aromatic carbocycles. The van der Waals surface area contributed by atoms with Gasteiger partial charge >= 0.3 is 5.97 Å². The van der Waals surface area contributed by atoms with Crippen LogP contribution in [0.15, 0.2) is 48.5 Å². The van der Waals surface area contributed by atoms with Crippen molar-refractivity contribution in [3.63, 3.8) is 0 Å². The number of carbonyl (C=O) groups excluding carboxylic acids is 1. The van der Waals surface area contributed by atoms with Crippen LogP contribution in [0, 0.1) is 0 Å². The SMILES string of the molecule is COc1ccc([C@@H](CC(=O)O)NC(=O)CCOc2ccccc2)cc1OC. The first-order valence-electron chi connectivity index (χ1n) is 8.44. The van der Waals surface area contributed by atoms with Crippen molar-refractivity contribution in [2.24, 2.45) is 0 Å². The molecule has 2 rings (SSSR count). The summed E-state index contributed by atoms with van der Waals surface area (Å²) < 4.78 is 15.9. The summed E-state index contributed by atoms with van der Waals surface area (Å²) in [6, 6.07) is 13.5. The Morgan fingerprint density at radius 1 is 1.04 bits per heavy atom. The van der Waals surface area contributed by atoms with Crippen molar-refractivity contribution in [1.82, 2.24) is 5.32 Å². The predicted molar refractivity (Wildman–Crippen MR) is 99.2 cm³/mol. The zero-order valence-electron chi connectivity index (χ0n) is 15.3. The molecule has 7 nitrogen and oxygen atoms in total. The van der Waals surface area contributed by atoms with Crippen molar-refractivity contribution < 1.29 is 28.9 Å². The van der Waals surface area contributed by atoms with E-state index in [9.17, 15) is 14.7 Å². The summed E-state index contributed by atoms with van der Waals surface area (Å²) in [6.45, 7) is 0.196. The van der Waals surface area contributed by atoms with Crippen LogP contribution in [0.3, 0.4) is 0 Å². The highest BCUT2D eigenvalue weighted by atomic mass is 16.5. The lowest BCUT2D eigenvalue weighted by molar-refractivity contribution is -0.137. The third kappa shape index (κ3) is 6.22. The van der Waals surface area contributed by atoms with Gasteiger partial charge in [-0.3, -0.25) is 9.59 Å². The van der Waals surface area contributed by atoms with Crippen LogP contribution in [0.1, 0.15) is 24.4 Å². The number of hydrogen-bond acceptors (Lipinski definition) is 5. The fourth-order valence-corrected chi connectivity index (χ4v) is 2.54. The molecule has 0 unspecified atom stereocenters. The van der Waals surface area contributed by atoms with Crippen molar-refractivity contribution in [1.29, 1.82) is 0 Å². The smallest absolute Gasteiger partial charge is 0.305 e. The molecule has 1 amide bonds. The van der Waals surface area contributed by atoms with Crippen LogP contribution in [0.25, 0.3) is 0 Å². The largest absolute Gasteiger partial charge is 0.493 e. The van der Waals surface area contributed by atoms with Crippen LogP contribution in [-0.2, 0) is 9.59 Å². The number of ether oxygens (including phenoxy) is 3. The van der Waals surface area contributed by atoms with Crippen molar-refractivity contribution in [3.8, 4) is 17.2 Å². The molecule has 0 spiro atoms. The van der Waals surface area contributed by atoms with Crippen molar-refractivity contribution in [3.05, 3.63) is 54.1 Å². The average Bonchev–Trinajstić information content (AvgIpc) is 2.67. The van der Waals surface area contributed by atoms with Gasteiger partial charge in [-0.05, 0) is 29.8 Å². The van der Waals surface area contributed by atoms with Gasteiger partial charge in [0.25, 0.3) is 0 Å². The first kappa shape index (κ1) is 20.1. The van der Waals surface area contributed by atoms with E-state index in [2.05, 4.69) is 5.32 Å². The second-order valence-corrected chi connectivity index (χ2v) is 5.74. The maximum atomic E-state index is 12.2. The fraction of sp³-hybridized carbons (Fsp3) is 0.300. The van der Waals surface area contributed by atoms with Crippen LogP contribution < -0.4 is 19.5 Å². The molecule has 0 heterocycles. The van der Waals surface area contributed by atoms with E-state index in [4.69, 9.17) is 14.2 Å². The van der Waals surface area contributed by atoms with Crippen molar-refractivity contribution in [2.75, 3.05) is 20.8 Å². The summed E-state index contributed by atoms with van der Waals surface area (Å²) in [7, 11) is 3.01. The Morgan fingerprint density at radius 2 is 1.74 bits per heavy atom. The number of para-hydroxylation sites is 1. The third-order valence-electron chi connectivity index (χ3n) is 3.86. The Balaban J connectivity index is 2.01. The van der Waals surface area contributed by atoms with Gasteiger partial charge in [-0.15, -0.1) is 0 Å². The molecule has 2 aromatic rings. The van der Waals surface area contributed by atoms with E-state index in [1.165, 1.54) is 14.2 Å². The number of nitrogens with one attached hydrogen (secondary N) is 1. The lowest BCUT2D eigenvalue weighted by atomic mass is 10.0. The lowest BCUT2D eigenvalue weighted by Gasteiger charge is -2.19. The lowest BCUT2D eigenvalue weighted by Crippen LogP contribution is -2.31. The Kier molecular flexibility index (Phi) is 7.49.